The third-order valence-corrected chi connectivity index (χ3v) is 3.41. The molecule has 0 aromatic heterocycles. The van der Waals surface area contributed by atoms with Crippen molar-refractivity contribution in [3.63, 3.8) is 0 Å². The number of hydrogen-bond acceptors (Lipinski definition) is 2. The summed E-state index contributed by atoms with van der Waals surface area (Å²) in [6.45, 7) is 4.35. The number of hydrogen-bond donors (Lipinski definition) is 2. The molecule has 0 unspecified atom stereocenters. The molecule has 20 heavy (non-hydrogen) atoms. The van der Waals surface area contributed by atoms with E-state index in [1.54, 1.807) is 12.1 Å². The van der Waals surface area contributed by atoms with Gasteiger partial charge in [0.15, 0.2) is 0 Å². The molecule has 0 atom stereocenters. The topological polar surface area (TPSA) is 46.2 Å². The molecule has 0 aliphatic heterocycles. The maximum Gasteiger partial charge on any atom is 0.115 e. The van der Waals surface area contributed by atoms with Crippen molar-refractivity contribution in [2.45, 2.75) is 26.7 Å². The average Bonchev–Trinajstić information content (AvgIpc) is 2.44. The van der Waals surface area contributed by atoms with Gasteiger partial charge >= 0.3 is 0 Å². The van der Waals surface area contributed by atoms with Crippen LogP contribution in [0, 0.1) is 0 Å². The largest absolute Gasteiger partial charge is 0.508 e. The number of aromatic hydroxyl groups is 1. The first-order chi connectivity index (χ1) is 9.61. The van der Waals surface area contributed by atoms with Gasteiger partial charge in [0.25, 0.3) is 0 Å². The molecule has 0 bridgehead atoms. The van der Waals surface area contributed by atoms with E-state index in [1.165, 1.54) is 11.1 Å². The van der Waals surface area contributed by atoms with Crippen molar-refractivity contribution in [3.05, 3.63) is 65.2 Å². The zero-order valence-corrected chi connectivity index (χ0v) is 12.1. The standard InChI is InChI=1S/C18H21NO/c1-3-4-13(2)18(14-5-9-16(19)10-6-14)15-7-11-17(20)12-8-15/h5-12,20H,3-4,19H2,1-2H3/b18-13-. The lowest BCUT2D eigenvalue weighted by Crippen LogP contribution is -1.94. The summed E-state index contributed by atoms with van der Waals surface area (Å²) in [6.07, 6.45) is 2.17. The SMILES string of the molecule is CCC/C(C)=C(/c1ccc(N)cc1)c1ccc(O)cc1. The molecule has 0 radical (unpaired) electrons. The van der Waals surface area contributed by atoms with Crippen LogP contribution in [0.15, 0.2) is 54.1 Å². The van der Waals surface area contributed by atoms with Gasteiger partial charge < -0.3 is 10.8 Å². The molecule has 2 rings (SSSR count). The minimum absolute atomic E-state index is 0.290. The first-order valence-corrected chi connectivity index (χ1v) is 6.97. The summed E-state index contributed by atoms with van der Waals surface area (Å²) in [6, 6.07) is 15.3. The molecule has 104 valence electrons. The van der Waals surface area contributed by atoms with Crippen LogP contribution >= 0.6 is 0 Å². The van der Waals surface area contributed by atoms with Crippen molar-refractivity contribution < 1.29 is 5.11 Å². The van der Waals surface area contributed by atoms with E-state index >= 15 is 0 Å². The summed E-state index contributed by atoms with van der Waals surface area (Å²) in [5.41, 5.74) is 11.4. The smallest absolute Gasteiger partial charge is 0.115 e. The molecule has 0 aliphatic carbocycles. The van der Waals surface area contributed by atoms with E-state index < -0.39 is 0 Å². The van der Waals surface area contributed by atoms with Gasteiger partial charge in [0.1, 0.15) is 5.75 Å². The Hall–Kier alpha value is -2.22. The third kappa shape index (κ3) is 3.21. The number of allylic oxidation sites excluding steroid dienone is 1. The highest BCUT2D eigenvalue weighted by molar-refractivity contribution is 5.82. The zero-order chi connectivity index (χ0) is 14.5. The zero-order valence-electron chi connectivity index (χ0n) is 12.1. The molecule has 0 saturated heterocycles. The fourth-order valence-corrected chi connectivity index (χ4v) is 2.44. The van der Waals surface area contributed by atoms with Gasteiger partial charge in [0.2, 0.25) is 0 Å². The van der Waals surface area contributed by atoms with Gasteiger partial charge in [0, 0.05) is 5.69 Å². The van der Waals surface area contributed by atoms with Gasteiger partial charge in [-0.3, -0.25) is 0 Å². The van der Waals surface area contributed by atoms with Crippen molar-refractivity contribution in [1.82, 2.24) is 0 Å². The molecule has 0 spiro atoms. The predicted octanol–water partition coefficient (Wildman–Crippen LogP) is 4.60. The second-order valence-electron chi connectivity index (χ2n) is 5.07. The Kier molecular flexibility index (Phi) is 4.46. The second-order valence-corrected chi connectivity index (χ2v) is 5.07. The van der Waals surface area contributed by atoms with E-state index in [9.17, 15) is 5.11 Å². The number of benzene rings is 2. The lowest BCUT2D eigenvalue weighted by molar-refractivity contribution is 0.475. The van der Waals surface area contributed by atoms with Crippen LogP contribution < -0.4 is 5.73 Å². The number of nitrogen functional groups attached to an aromatic ring is 1. The average molecular weight is 267 g/mol. The summed E-state index contributed by atoms with van der Waals surface area (Å²) in [4.78, 5) is 0. The van der Waals surface area contributed by atoms with E-state index in [2.05, 4.69) is 26.0 Å². The van der Waals surface area contributed by atoms with E-state index in [0.29, 0.717) is 5.75 Å². The van der Waals surface area contributed by atoms with E-state index in [-0.39, 0.29) is 0 Å². The molecular weight excluding hydrogens is 246 g/mol. The molecule has 3 N–H and O–H groups in total. The molecule has 2 heteroatoms. The Labute approximate surface area is 120 Å². The first kappa shape index (κ1) is 14.2. The lowest BCUT2D eigenvalue weighted by atomic mass is 9.91. The molecule has 2 aromatic carbocycles. The van der Waals surface area contributed by atoms with Crippen molar-refractivity contribution in [2.24, 2.45) is 0 Å². The molecular formula is C18H21NO. The second kappa shape index (κ2) is 6.29. The number of anilines is 1. The summed E-state index contributed by atoms with van der Waals surface area (Å²) in [7, 11) is 0. The summed E-state index contributed by atoms with van der Waals surface area (Å²) < 4.78 is 0. The van der Waals surface area contributed by atoms with Crippen LogP contribution in [0.5, 0.6) is 5.75 Å². The lowest BCUT2D eigenvalue weighted by Gasteiger charge is -2.13. The van der Waals surface area contributed by atoms with Crippen LogP contribution in [0.4, 0.5) is 5.69 Å². The Morgan fingerprint density at radius 2 is 1.45 bits per heavy atom. The predicted molar refractivity (Wildman–Crippen MR) is 85.6 cm³/mol. The number of phenols is 1. The molecule has 0 saturated carbocycles. The summed E-state index contributed by atoms with van der Waals surface area (Å²) in [5, 5.41) is 9.45. The van der Waals surface area contributed by atoms with Crippen LogP contribution in [0.3, 0.4) is 0 Å². The molecule has 0 fully saturated rings. The monoisotopic (exact) mass is 267 g/mol. The van der Waals surface area contributed by atoms with Crippen LogP contribution in [0.25, 0.3) is 5.57 Å². The highest BCUT2D eigenvalue weighted by atomic mass is 16.3. The van der Waals surface area contributed by atoms with Crippen molar-refractivity contribution in [2.75, 3.05) is 5.73 Å². The molecule has 0 heterocycles. The van der Waals surface area contributed by atoms with E-state index in [1.807, 2.05) is 24.3 Å². The Morgan fingerprint density at radius 1 is 0.950 bits per heavy atom. The molecule has 0 aliphatic rings. The Morgan fingerprint density at radius 3 is 1.95 bits per heavy atom. The summed E-state index contributed by atoms with van der Waals surface area (Å²) >= 11 is 0. The number of rotatable bonds is 4. The third-order valence-electron chi connectivity index (χ3n) is 3.41. The molecule has 2 nitrogen and oxygen atoms in total. The minimum Gasteiger partial charge on any atom is -0.508 e. The minimum atomic E-state index is 0.290. The quantitative estimate of drug-likeness (QED) is 0.795. The van der Waals surface area contributed by atoms with E-state index in [4.69, 9.17) is 5.73 Å². The maximum absolute atomic E-state index is 9.45. The fraction of sp³-hybridized carbons (Fsp3) is 0.222. The van der Waals surface area contributed by atoms with Crippen LogP contribution in [0.2, 0.25) is 0 Å². The fourth-order valence-electron chi connectivity index (χ4n) is 2.44. The number of phenolic OH excluding ortho intramolecular Hbond substituents is 1. The van der Waals surface area contributed by atoms with Gasteiger partial charge in [0.05, 0.1) is 0 Å². The van der Waals surface area contributed by atoms with Gasteiger partial charge in [-0.05, 0) is 54.3 Å². The normalized spacial score (nSPS) is 12.1. The van der Waals surface area contributed by atoms with E-state index in [0.717, 1.165) is 29.7 Å². The van der Waals surface area contributed by atoms with Gasteiger partial charge in [-0.15, -0.1) is 0 Å². The molecule has 0 amide bonds. The van der Waals surface area contributed by atoms with Crippen LogP contribution in [0.1, 0.15) is 37.8 Å². The number of nitrogens with two attached hydrogens (primary N) is 1. The van der Waals surface area contributed by atoms with Crippen LogP contribution in [-0.2, 0) is 0 Å². The Balaban J connectivity index is 2.53. The van der Waals surface area contributed by atoms with Gasteiger partial charge in [-0.25, -0.2) is 0 Å². The molecule has 2 aromatic rings. The highest BCUT2D eigenvalue weighted by Gasteiger charge is 2.09. The van der Waals surface area contributed by atoms with Crippen molar-refractivity contribution in [1.29, 1.82) is 0 Å². The van der Waals surface area contributed by atoms with Gasteiger partial charge in [-0.1, -0.05) is 43.2 Å². The first-order valence-electron chi connectivity index (χ1n) is 6.97. The highest BCUT2D eigenvalue weighted by Crippen LogP contribution is 2.30. The maximum atomic E-state index is 9.45. The van der Waals surface area contributed by atoms with Crippen LogP contribution in [-0.4, -0.2) is 5.11 Å². The van der Waals surface area contributed by atoms with Gasteiger partial charge in [-0.2, -0.15) is 0 Å². The van der Waals surface area contributed by atoms with Crippen molar-refractivity contribution >= 4 is 11.3 Å². The van der Waals surface area contributed by atoms with Crippen molar-refractivity contribution in [3.8, 4) is 5.75 Å². The Bertz CT molecular complexity index is 547. The summed E-state index contributed by atoms with van der Waals surface area (Å²) in [5.74, 6) is 0.290.